The van der Waals surface area contributed by atoms with Crippen molar-refractivity contribution >= 4 is 64.4 Å². The highest BCUT2D eigenvalue weighted by atomic mass is 32.1. The summed E-state index contributed by atoms with van der Waals surface area (Å²) in [4.78, 5) is 15.7. The Morgan fingerprint density at radius 1 is 0.383 bits per heavy atom. The highest BCUT2D eigenvalue weighted by Gasteiger charge is 2.20. The molecule has 0 radical (unpaired) electrons. The van der Waals surface area contributed by atoms with E-state index in [1.807, 2.05) is 41.7 Å². The molecule has 60 heavy (non-hydrogen) atoms. The van der Waals surface area contributed by atoms with E-state index >= 15 is 0 Å². The molecule has 0 saturated heterocycles. The molecule has 4 nitrogen and oxygen atoms in total. The molecule has 0 aliphatic heterocycles. The lowest BCUT2D eigenvalue weighted by Gasteiger charge is -2.13. The van der Waals surface area contributed by atoms with E-state index in [1.165, 1.54) is 20.2 Å². The van der Waals surface area contributed by atoms with Crippen molar-refractivity contribution in [2.45, 2.75) is 0 Å². The van der Waals surface area contributed by atoms with Crippen molar-refractivity contribution in [3.63, 3.8) is 0 Å². The van der Waals surface area contributed by atoms with E-state index in [4.69, 9.17) is 19.4 Å². The Bertz CT molecular complexity index is 3590. The van der Waals surface area contributed by atoms with E-state index < -0.39 is 0 Å². The van der Waals surface area contributed by atoms with Crippen LogP contribution in [-0.2, 0) is 0 Å². The molecule has 8 aromatic carbocycles. The molecule has 0 fully saturated rings. The van der Waals surface area contributed by atoms with Crippen LogP contribution < -0.4 is 0 Å². The minimum atomic E-state index is 0.680. The quantitative estimate of drug-likeness (QED) is 0.169. The van der Waals surface area contributed by atoms with Crippen molar-refractivity contribution in [1.82, 2.24) is 15.0 Å². The molecule has 0 bridgehead atoms. The zero-order valence-corrected chi connectivity index (χ0v) is 33.0. The molecule has 0 atom stereocenters. The van der Waals surface area contributed by atoms with Gasteiger partial charge in [-0.2, -0.15) is 0 Å². The molecule has 0 aliphatic rings. The van der Waals surface area contributed by atoms with Crippen LogP contribution in [0.5, 0.6) is 0 Å². The molecule has 0 aliphatic carbocycles. The summed E-state index contributed by atoms with van der Waals surface area (Å²) >= 11 is 1.82. The van der Waals surface area contributed by atoms with Crippen LogP contribution in [0.4, 0.5) is 0 Å². The summed E-state index contributed by atoms with van der Waals surface area (Å²) in [6.07, 6.45) is 0. The molecule has 4 heterocycles. The molecule has 0 amide bonds. The van der Waals surface area contributed by atoms with Gasteiger partial charge in [0.2, 0.25) is 0 Å². The van der Waals surface area contributed by atoms with Gasteiger partial charge in [0.05, 0.1) is 27.3 Å². The predicted octanol–water partition coefficient (Wildman–Crippen LogP) is 15.3. The summed E-state index contributed by atoms with van der Waals surface area (Å²) < 4.78 is 8.84. The van der Waals surface area contributed by atoms with E-state index in [2.05, 4.69) is 170 Å². The molecule has 4 aromatic heterocycles. The molecular weight excluding hydrogens is 751 g/mol. The first-order valence-corrected chi connectivity index (χ1v) is 20.9. The number of thiophene rings is 1. The maximum Gasteiger partial charge on any atom is 0.160 e. The second-order valence-corrected chi connectivity index (χ2v) is 16.1. The van der Waals surface area contributed by atoms with Gasteiger partial charge < -0.3 is 4.42 Å². The van der Waals surface area contributed by atoms with Gasteiger partial charge in [-0.1, -0.05) is 170 Å². The number of nitrogens with zero attached hydrogens (tertiary/aromatic N) is 3. The molecule has 12 rings (SSSR count). The van der Waals surface area contributed by atoms with Crippen LogP contribution in [0, 0.1) is 0 Å². The highest BCUT2D eigenvalue weighted by molar-refractivity contribution is 7.26. The zero-order chi connectivity index (χ0) is 39.6. The first-order valence-electron chi connectivity index (χ1n) is 20.1. The standard InChI is InChI=1S/C55H33N3OS/c1-3-14-36(15-4-1)52-54-51(44-21-8-10-27-49(44)60-54)50-40(22-13-25-45(50)56-52)38-18-11-19-39(32-38)47-33-46(57-55(58-47)37-16-5-2-6-17-37)35-30-28-34(29-31-35)41-23-12-24-43-42-20-7-9-26-48(42)59-53(41)43/h1-33H. The minimum absolute atomic E-state index is 0.680. The molecular formula is C55H33N3OS. The van der Waals surface area contributed by atoms with Gasteiger partial charge in [-0.05, 0) is 47.0 Å². The second-order valence-electron chi connectivity index (χ2n) is 15.1. The minimum Gasteiger partial charge on any atom is -0.455 e. The normalized spacial score (nSPS) is 11.7. The summed E-state index contributed by atoms with van der Waals surface area (Å²) in [5, 5.41) is 5.90. The number of para-hydroxylation sites is 2. The lowest BCUT2D eigenvalue weighted by atomic mass is 9.94. The van der Waals surface area contributed by atoms with Crippen molar-refractivity contribution in [2.75, 3.05) is 0 Å². The van der Waals surface area contributed by atoms with Gasteiger partial charge in [0.15, 0.2) is 5.82 Å². The Morgan fingerprint density at radius 2 is 1.00 bits per heavy atom. The van der Waals surface area contributed by atoms with Crippen LogP contribution in [0.25, 0.3) is 120 Å². The zero-order valence-electron chi connectivity index (χ0n) is 32.2. The van der Waals surface area contributed by atoms with Crippen LogP contribution in [0.15, 0.2) is 205 Å². The van der Waals surface area contributed by atoms with Crippen molar-refractivity contribution in [3.05, 3.63) is 200 Å². The van der Waals surface area contributed by atoms with Gasteiger partial charge in [-0.15, -0.1) is 11.3 Å². The van der Waals surface area contributed by atoms with Crippen LogP contribution in [-0.4, -0.2) is 15.0 Å². The SMILES string of the molecule is c1ccc(-c2nc(-c3ccc(-c4cccc5c4oc4ccccc45)cc3)cc(-c3cccc(-c4cccc5nc(-c6ccccc6)c6sc7ccccc7c6c45)c3)n2)cc1. The van der Waals surface area contributed by atoms with E-state index in [-0.39, 0.29) is 0 Å². The molecule has 280 valence electrons. The van der Waals surface area contributed by atoms with Crippen molar-refractivity contribution in [1.29, 1.82) is 0 Å². The Balaban J connectivity index is 0.995. The fourth-order valence-corrected chi connectivity index (χ4v) is 9.88. The summed E-state index contributed by atoms with van der Waals surface area (Å²) in [5.41, 5.74) is 14.0. The molecule has 5 heteroatoms. The third kappa shape index (κ3) is 5.70. The number of furan rings is 1. The molecule has 0 spiro atoms. The maximum absolute atomic E-state index is 6.38. The Kier molecular flexibility index (Phi) is 8.00. The summed E-state index contributed by atoms with van der Waals surface area (Å²) in [5.74, 6) is 0.680. The Morgan fingerprint density at radius 3 is 1.83 bits per heavy atom. The molecule has 12 aromatic rings. The number of benzene rings is 8. The number of pyridine rings is 1. The van der Waals surface area contributed by atoms with E-state index in [1.54, 1.807) is 0 Å². The average molecular weight is 784 g/mol. The first kappa shape index (κ1) is 34.3. The molecule has 0 unspecified atom stereocenters. The first-order chi connectivity index (χ1) is 29.7. The van der Waals surface area contributed by atoms with Crippen molar-refractivity contribution in [2.24, 2.45) is 0 Å². The smallest absolute Gasteiger partial charge is 0.160 e. The van der Waals surface area contributed by atoms with Crippen LogP contribution >= 0.6 is 11.3 Å². The topological polar surface area (TPSA) is 51.8 Å². The third-order valence-electron chi connectivity index (χ3n) is 11.5. The van der Waals surface area contributed by atoms with Gasteiger partial charge in [0.25, 0.3) is 0 Å². The number of rotatable bonds is 6. The van der Waals surface area contributed by atoms with E-state index in [9.17, 15) is 0 Å². The van der Waals surface area contributed by atoms with E-state index in [0.717, 1.165) is 94.4 Å². The maximum atomic E-state index is 6.38. The van der Waals surface area contributed by atoms with Gasteiger partial charge in [0, 0.05) is 59.4 Å². The number of hydrogen-bond donors (Lipinski definition) is 0. The largest absolute Gasteiger partial charge is 0.455 e. The fourth-order valence-electron chi connectivity index (χ4n) is 8.66. The fraction of sp³-hybridized carbons (Fsp3) is 0. The summed E-state index contributed by atoms with van der Waals surface area (Å²) in [6, 6.07) is 70.0. The van der Waals surface area contributed by atoms with Crippen molar-refractivity contribution < 1.29 is 4.42 Å². The lowest BCUT2D eigenvalue weighted by Crippen LogP contribution is -1.96. The van der Waals surface area contributed by atoms with Crippen LogP contribution in [0.2, 0.25) is 0 Å². The lowest BCUT2D eigenvalue weighted by molar-refractivity contribution is 0.670. The Hall–Kier alpha value is -7.73. The van der Waals surface area contributed by atoms with Crippen LogP contribution in [0.3, 0.4) is 0 Å². The summed E-state index contributed by atoms with van der Waals surface area (Å²) in [7, 11) is 0. The average Bonchev–Trinajstić information content (AvgIpc) is 3.91. The third-order valence-corrected chi connectivity index (χ3v) is 12.7. The van der Waals surface area contributed by atoms with Gasteiger partial charge in [0.1, 0.15) is 11.2 Å². The van der Waals surface area contributed by atoms with Gasteiger partial charge >= 0.3 is 0 Å². The number of aromatic nitrogens is 3. The number of fused-ring (bicyclic) bond motifs is 8. The van der Waals surface area contributed by atoms with Crippen LogP contribution in [0.1, 0.15) is 0 Å². The Labute approximate surface area is 349 Å². The van der Waals surface area contributed by atoms with E-state index in [0.29, 0.717) is 5.82 Å². The van der Waals surface area contributed by atoms with Gasteiger partial charge in [-0.3, -0.25) is 0 Å². The highest BCUT2D eigenvalue weighted by Crippen LogP contribution is 2.46. The molecule has 0 N–H and O–H groups in total. The monoisotopic (exact) mass is 783 g/mol. The predicted molar refractivity (Wildman–Crippen MR) is 250 cm³/mol. The number of hydrogen-bond acceptors (Lipinski definition) is 5. The summed E-state index contributed by atoms with van der Waals surface area (Å²) in [6.45, 7) is 0. The second kappa shape index (κ2) is 14.0. The van der Waals surface area contributed by atoms with Gasteiger partial charge in [-0.25, -0.2) is 15.0 Å². The van der Waals surface area contributed by atoms with Crippen molar-refractivity contribution in [3.8, 4) is 67.4 Å². The molecule has 0 saturated carbocycles.